The van der Waals surface area contributed by atoms with Gasteiger partial charge in [0.25, 0.3) is 5.91 Å². The molecule has 1 amide bonds. The monoisotopic (exact) mass is 331 g/mol. The molecule has 2 aromatic rings. The van der Waals surface area contributed by atoms with Gasteiger partial charge < -0.3 is 4.90 Å². The number of carbonyl (C=O) groups excluding carboxylic acids is 1. The Kier molecular flexibility index (Phi) is 4.71. The Labute approximate surface area is 141 Å². The summed E-state index contributed by atoms with van der Waals surface area (Å²) in [6, 6.07) is 7.79. The van der Waals surface area contributed by atoms with Gasteiger partial charge in [-0.1, -0.05) is 30.2 Å². The number of carbonyl (C=O) groups is 1. The van der Waals surface area contributed by atoms with Crippen molar-refractivity contribution in [1.29, 1.82) is 0 Å². The van der Waals surface area contributed by atoms with E-state index in [1.165, 1.54) is 19.3 Å². The minimum Gasteiger partial charge on any atom is -0.333 e. The van der Waals surface area contributed by atoms with Crippen LogP contribution in [0.2, 0.25) is 5.02 Å². The Morgan fingerprint density at radius 2 is 2.13 bits per heavy atom. The number of H-pyrrole nitrogens is 1. The van der Waals surface area contributed by atoms with Crippen molar-refractivity contribution in [2.24, 2.45) is 5.92 Å². The van der Waals surface area contributed by atoms with Crippen molar-refractivity contribution in [3.63, 3.8) is 0 Å². The molecule has 1 saturated carbocycles. The van der Waals surface area contributed by atoms with Gasteiger partial charge >= 0.3 is 0 Å². The number of nitrogens with one attached hydrogen (secondary N) is 1. The van der Waals surface area contributed by atoms with E-state index in [4.69, 9.17) is 11.6 Å². The molecule has 0 spiro atoms. The van der Waals surface area contributed by atoms with Crippen molar-refractivity contribution in [2.75, 3.05) is 6.54 Å². The number of hydrogen-bond acceptors (Lipinski definition) is 2. The number of amides is 1. The lowest BCUT2D eigenvalue weighted by molar-refractivity contribution is 0.0673. The van der Waals surface area contributed by atoms with Crippen LogP contribution >= 0.6 is 11.6 Å². The topological polar surface area (TPSA) is 49.0 Å². The highest BCUT2D eigenvalue weighted by Crippen LogP contribution is 2.29. The van der Waals surface area contributed by atoms with Gasteiger partial charge in [0.05, 0.1) is 5.69 Å². The van der Waals surface area contributed by atoms with E-state index < -0.39 is 0 Å². The van der Waals surface area contributed by atoms with Crippen molar-refractivity contribution in [2.45, 2.75) is 39.7 Å². The van der Waals surface area contributed by atoms with Gasteiger partial charge in [-0.15, -0.1) is 0 Å². The van der Waals surface area contributed by atoms with E-state index in [1.54, 1.807) is 6.07 Å². The van der Waals surface area contributed by atoms with E-state index in [2.05, 4.69) is 10.2 Å². The highest BCUT2D eigenvalue weighted by Gasteiger charge is 2.25. The van der Waals surface area contributed by atoms with E-state index in [-0.39, 0.29) is 5.91 Å². The van der Waals surface area contributed by atoms with Gasteiger partial charge in [-0.3, -0.25) is 9.89 Å². The Hall–Kier alpha value is -1.81. The first-order valence-corrected chi connectivity index (χ1v) is 8.47. The van der Waals surface area contributed by atoms with E-state index >= 15 is 0 Å². The molecule has 1 aromatic heterocycles. The van der Waals surface area contributed by atoms with Crippen molar-refractivity contribution in [3.05, 3.63) is 51.8 Å². The Balaban J connectivity index is 1.81. The molecule has 23 heavy (non-hydrogen) atoms. The summed E-state index contributed by atoms with van der Waals surface area (Å²) in [7, 11) is 0. The van der Waals surface area contributed by atoms with Crippen molar-refractivity contribution < 1.29 is 4.79 Å². The first kappa shape index (κ1) is 16.1. The second-order valence-electron chi connectivity index (χ2n) is 6.50. The van der Waals surface area contributed by atoms with Gasteiger partial charge in [0.15, 0.2) is 0 Å². The van der Waals surface area contributed by atoms with Crippen LogP contribution in [0.4, 0.5) is 0 Å². The lowest BCUT2D eigenvalue weighted by Gasteiger charge is -2.32. The lowest BCUT2D eigenvalue weighted by atomic mass is 9.85. The summed E-state index contributed by atoms with van der Waals surface area (Å²) < 4.78 is 0. The third-order valence-corrected chi connectivity index (χ3v) is 4.85. The largest absolute Gasteiger partial charge is 0.333 e. The molecule has 0 atom stereocenters. The molecule has 0 unspecified atom stereocenters. The second-order valence-corrected chi connectivity index (χ2v) is 6.91. The number of halogens is 1. The Bertz CT molecular complexity index is 706. The number of aromatic amines is 1. The maximum absolute atomic E-state index is 12.8. The fourth-order valence-corrected chi connectivity index (χ4v) is 3.19. The molecular formula is C18H22ClN3O. The first-order valence-electron chi connectivity index (χ1n) is 8.09. The normalized spacial score (nSPS) is 14.6. The van der Waals surface area contributed by atoms with Crippen LogP contribution in [0.1, 0.15) is 46.6 Å². The molecule has 0 saturated heterocycles. The zero-order valence-corrected chi connectivity index (χ0v) is 14.4. The highest BCUT2D eigenvalue weighted by molar-refractivity contribution is 6.31. The molecule has 5 heteroatoms. The fourth-order valence-electron chi connectivity index (χ4n) is 2.89. The molecule has 0 radical (unpaired) electrons. The number of nitrogens with zero attached hydrogens (tertiary/aromatic N) is 2. The van der Waals surface area contributed by atoms with Crippen LogP contribution < -0.4 is 0 Å². The summed E-state index contributed by atoms with van der Waals surface area (Å²) >= 11 is 6.35. The Morgan fingerprint density at radius 3 is 2.70 bits per heavy atom. The van der Waals surface area contributed by atoms with Gasteiger partial charge in [-0.05, 0) is 55.9 Å². The summed E-state index contributed by atoms with van der Waals surface area (Å²) in [5.41, 5.74) is 3.48. The van der Waals surface area contributed by atoms with Gasteiger partial charge in [-0.25, -0.2) is 0 Å². The molecule has 4 nitrogen and oxygen atoms in total. The molecule has 1 aliphatic carbocycles. The van der Waals surface area contributed by atoms with E-state index in [9.17, 15) is 4.79 Å². The van der Waals surface area contributed by atoms with Crippen LogP contribution in [-0.4, -0.2) is 27.5 Å². The molecule has 1 N–H and O–H groups in total. The maximum atomic E-state index is 12.8. The predicted octanol–water partition coefficient (Wildman–Crippen LogP) is 4.12. The van der Waals surface area contributed by atoms with Crippen LogP contribution in [0.15, 0.2) is 24.3 Å². The van der Waals surface area contributed by atoms with Crippen LogP contribution in [0, 0.1) is 19.8 Å². The minimum absolute atomic E-state index is 0.00542. The number of benzene rings is 1. The molecule has 0 aliphatic heterocycles. The average molecular weight is 332 g/mol. The number of hydrogen-bond donors (Lipinski definition) is 1. The molecule has 122 valence electrons. The summed E-state index contributed by atoms with van der Waals surface area (Å²) in [5.74, 6) is 0.598. The van der Waals surface area contributed by atoms with Crippen molar-refractivity contribution in [1.82, 2.24) is 15.1 Å². The van der Waals surface area contributed by atoms with E-state index in [0.717, 1.165) is 28.4 Å². The minimum atomic E-state index is -0.00542. The van der Waals surface area contributed by atoms with Crippen LogP contribution in [0.5, 0.6) is 0 Å². The number of aromatic nitrogens is 2. The molecule has 1 aromatic carbocycles. The molecule has 1 heterocycles. The molecule has 0 bridgehead atoms. The average Bonchev–Trinajstić information content (AvgIpc) is 2.89. The Morgan fingerprint density at radius 1 is 1.35 bits per heavy atom. The smallest absolute Gasteiger partial charge is 0.272 e. The summed E-state index contributed by atoms with van der Waals surface area (Å²) in [6.45, 7) is 5.20. The fraction of sp³-hybridized carbons (Fsp3) is 0.444. The summed E-state index contributed by atoms with van der Waals surface area (Å²) in [5, 5.41) is 7.62. The second kappa shape index (κ2) is 6.75. The lowest BCUT2D eigenvalue weighted by Crippen LogP contribution is -2.37. The van der Waals surface area contributed by atoms with Crippen molar-refractivity contribution in [3.8, 4) is 0 Å². The standard InChI is InChI=1S/C18H22ClN3O/c1-12-6-7-15(16(19)8-12)11-22(10-14-4-3-5-14)18(23)17-9-13(2)20-21-17/h6-9,14H,3-5,10-11H2,1-2H3,(H,20,21). The molecular weight excluding hydrogens is 310 g/mol. The number of aryl methyl sites for hydroxylation is 2. The molecule has 1 aliphatic rings. The van der Waals surface area contributed by atoms with Gasteiger partial charge in [0, 0.05) is 18.1 Å². The summed E-state index contributed by atoms with van der Waals surface area (Å²) in [6.07, 6.45) is 3.67. The SMILES string of the molecule is Cc1ccc(CN(CC2CCC2)C(=O)c2cc(C)n[nH]2)c(Cl)c1. The third kappa shape index (κ3) is 3.75. The maximum Gasteiger partial charge on any atom is 0.272 e. The van der Waals surface area contributed by atoms with Gasteiger partial charge in [0.2, 0.25) is 0 Å². The van der Waals surface area contributed by atoms with Gasteiger partial charge in [-0.2, -0.15) is 5.10 Å². The number of rotatable bonds is 5. The highest BCUT2D eigenvalue weighted by atomic mass is 35.5. The van der Waals surface area contributed by atoms with Gasteiger partial charge in [0.1, 0.15) is 5.69 Å². The van der Waals surface area contributed by atoms with E-state index in [0.29, 0.717) is 18.2 Å². The first-order chi connectivity index (χ1) is 11.0. The van der Waals surface area contributed by atoms with Crippen LogP contribution in [0.3, 0.4) is 0 Å². The molecule has 3 rings (SSSR count). The van der Waals surface area contributed by atoms with E-state index in [1.807, 2.05) is 36.9 Å². The quantitative estimate of drug-likeness (QED) is 0.895. The van der Waals surface area contributed by atoms with Crippen molar-refractivity contribution >= 4 is 17.5 Å². The zero-order valence-electron chi connectivity index (χ0n) is 13.6. The third-order valence-electron chi connectivity index (χ3n) is 4.50. The summed E-state index contributed by atoms with van der Waals surface area (Å²) in [4.78, 5) is 14.7. The van der Waals surface area contributed by atoms with Crippen LogP contribution in [0.25, 0.3) is 0 Å². The molecule has 1 fully saturated rings. The predicted molar refractivity (Wildman–Crippen MR) is 91.6 cm³/mol. The van der Waals surface area contributed by atoms with Crippen LogP contribution in [-0.2, 0) is 6.54 Å². The zero-order chi connectivity index (χ0) is 16.4.